The van der Waals surface area contributed by atoms with Gasteiger partial charge in [-0.15, -0.1) is 0 Å². The molecule has 0 radical (unpaired) electrons. The van der Waals surface area contributed by atoms with E-state index in [-0.39, 0.29) is 11.6 Å². The monoisotopic (exact) mass is 288 g/mol. The summed E-state index contributed by atoms with van der Waals surface area (Å²) in [7, 11) is 1.59. The third-order valence-electron chi connectivity index (χ3n) is 3.00. The summed E-state index contributed by atoms with van der Waals surface area (Å²) in [6.45, 7) is 1.71. The summed E-state index contributed by atoms with van der Waals surface area (Å²) in [4.78, 5) is 12.0. The van der Waals surface area contributed by atoms with Gasteiger partial charge in [-0.3, -0.25) is 4.79 Å². The molecule has 21 heavy (non-hydrogen) atoms. The number of nitrogens with one attached hydrogen (secondary N) is 2. The van der Waals surface area contributed by atoms with E-state index >= 15 is 0 Å². The average Bonchev–Trinajstić information content (AvgIpc) is 2.50. The van der Waals surface area contributed by atoms with Gasteiger partial charge in [0.2, 0.25) is 5.91 Å². The first kappa shape index (κ1) is 14.8. The fraction of sp³-hybridized carbons (Fsp3) is 0.188. The number of carbonyl (C=O) groups is 1. The van der Waals surface area contributed by atoms with Crippen LogP contribution >= 0.6 is 0 Å². The molecule has 0 saturated carbocycles. The zero-order valence-electron chi connectivity index (χ0n) is 11.9. The van der Waals surface area contributed by atoms with Gasteiger partial charge in [-0.25, -0.2) is 4.39 Å². The number of amides is 1. The first-order chi connectivity index (χ1) is 10.1. The van der Waals surface area contributed by atoms with E-state index in [0.717, 1.165) is 11.4 Å². The number of methoxy groups -OCH3 is 1. The van der Waals surface area contributed by atoms with Crippen molar-refractivity contribution in [2.45, 2.75) is 13.0 Å². The molecule has 2 aromatic rings. The minimum atomic E-state index is -0.502. The first-order valence-corrected chi connectivity index (χ1v) is 6.56. The summed E-state index contributed by atoms with van der Waals surface area (Å²) in [6.07, 6.45) is 0. The van der Waals surface area contributed by atoms with Crippen LogP contribution < -0.4 is 15.4 Å². The van der Waals surface area contributed by atoms with Crippen molar-refractivity contribution >= 4 is 17.3 Å². The van der Waals surface area contributed by atoms with E-state index in [1.165, 1.54) is 12.1 Å². The van der Waals surface area contributed by atoms with Gasteiger partial charge < -0.3 is 15.4 Å². The van der Waals surface area contributed by atoms with Crippen molar-refractivity contribution in [3.63, 3.8) is 0 Å². The highest BCUT2D eigenvalue weighted by molar-refractivity contribution is 5.96. The van der Waals surface area contributed by atoms with Gasteiger partial charge in [-0.1, -0.05) is 12.1 Å². The second-order valence-corrected chi connectivity index (χ2v) is 4.56. The molecule has 0 fully saturated rings. The van der Waals surface area contributed by atoms with Gasteiger partial charge in [0.1, 0.15) is 17.6 Å². The van der Waals surface area contributed by atoms with E-state index < -0.39 is 11.9 Å². The summed E-state index contributed by atoms with van der Waals surface area (Å²) in [6, 6.07) is 12.8. The zero-order valence-corrected chi connectivity index (χ0v) is 11.9. The van der Waals surface area contributed by atoms with E-state index in [1.54, 1.807) is 38.3 Å². The lowest BCUT2D eigenvalue weighted by atomic mass is 10.2. The molecule has 110 valence electrons. The Hall–Kier alpha value is -2.56. The topological polar surface area (TPSA) is 50.4 Å². The predicted molar refractivity (Wildman–Crippen MR) is 81.1 cm³/mol. The molecule has 0 unspecified atom stereocenters. The van der Waals surface area contributed by atoms with Gasteiger partial charge in [0.05, 0.1) is 12.8 Å². The fourth-order valence-electron chi connectivity index (χ4n) is 1.81. The molecule has 0 aliphatic heterocycles. The van der Waals surface area contributed by atoms with Crippen molar-refractivity contribution in [3.05, 3.63) is 54.3 Å². The van der Waals surface area contributed by atoms with Crippen LogP contribution in [0.3, 0.4) is 0 Å². The number of para-hydroxylation sites is 1. The maximum atomic E-state index is 13.5. The summed E-state index contributed by atoms with van der Waals surface area (Å²) in [5.74, 6) is -0.0255. The molecule has 0 aliphatic carbocycles. The van der Waals surface area contributed by atoms with E-state index in [0.29, 0.717) is 0 Å². The molecule has 0 saturated heterocycles. The number of hydrogen-bond acceptors (Lipinski definition) is 3. The Labute approximate surface area is 122 Å². The summed E-state index contributed by atoms with van der Waals surface area (Å²) >= 11 is 0. The van der Waals surface area contributed by atoms with Gasteiger partial charge in [0.25, 0.3) is 0 Å². The number of ether oxygens (including phenoxy) is 1. The number of carbonyl (C=O) groups excluding carboxylic acids is 1. The number of hydrogen-bond donors (Lipinski definition) is 2. The molecular weight excluding hydrogens is 271 g/mol. The maximum absolute atomic E-state index is 13.5. The summed E-state index contributed by atoms with van der Waals surface area (Å²) in [5, 5.41) is 5.59. The second-order valence-electron chi connectivity index (χ2n) is 4.56. The molecule has 4 nitrogen and oxygen atoms in total. The lowest BCUT2D eigenvalue weighted by molar-refractivity contribution is -0.116. The fourth-order valence-corrected chi connectivity index (χ4v) is 1.81. The standard InChI is InChI=1S/C16H17FN2O2/c1-11(18-12-7-9-13(21-2)10-8-12)16(20)19-15-6-4-3-5-14(15)17/h3-11,18H,1-2H3,(H,19,20)/t11-/m1/s1. The van der Waals surface area contributed by atoms with Gasteiger partial charge >= 0.3 is 0 Å². The highest BCUT2D eigenvalue weighted by atomic mass is 19.1. The minimum Gasteiger partial charge on any atom is -0.497 e. The Bertz CT molecular complexity index is 614. The van der Waals surface area contributed by atoms with Gasteiger partial charge in [-0.2, -0.15) is 0 Å². The molecule has 2 aromatic carbocycles. The van der Waals surface area contributed by atoms with Crippen LogP contribution in [0.2, 0.25) is 0 Å². The number of rotatable bonds is 5. The quantitative estimate of drug-likeness (QED) is 0.887. The molecule has 0 aliphatic rings. The number of benzene rings is 2. The molecule has 0 bridgehead atoms. The maximum Gasteiger partial charge on any atom is 0.246 e. The van der Waals surface area contributed by atoms with Crippen LogP contribution in [0.15, 0.2) is 48.5 Å². The molecule has 5 heteroatoms. The first-order valence-electron chi connectivity index (χ1n) is 6.56. The Morgan fingerprint density at radius 2 is 1.81 bits per heavy atom. The Morgan fingerprint density at radius 3 is 2.43 bits per heavy atom. The SMILES string of the molecule is COc1ccc(N[C@H](C)C(=O)Nc2ccccc2F)cc1. The summed E-state index contributed by atoms with van der Waals surface area (Å²) < 4.78 is 18.5. The third kappa shape index (κ3) is 3.95. The van der Waals surface area contributed by atoms with Crippen molar-refractivity contribution < 1.29 is 13.9 Å². The Kier molecular flexibility index (Phi) is 4.77. The lowest BCUT2D eigenvalue weighted by Gasteiger charge is -2.15. The molecule has 1 amide bonds. The van der Waals surface area contributed by atoms with Gasteiger partial charge in [-0.05, 0) is 43.3 Å². The van der Waals surface area contributed by atoms with Crippen LogP contribution in [0.25, 0.3) is 0 Å². The number of anilines is 2. The molecule has 0 aromatic heterocycles. The second kappa shape index (κ2) is 6.74. The lowest BCUT2D eigenvalue weighted by Crippen LogP contribution is -2.32. The van der Waals surface area contributed by atoms with Crippen LogP contribution in [-0.4, -0.2) is 19.1 Å². The van der Waals surface area contributed by atoms with E-state index in [9.17, 15) is 9.18 Å². The zero-order chi connectivity index (χ0) is 15.2. The molecule has 2 N–H and O–H groups in total. The normalized spacial score (nSPS) is 11.6. The third-order valence-corrected chi connectivity index (χ3v) is 3.00. The van der Waals surface area contributed by atoms with Crippen molar-refractivity contribution in [1.29, 1.82) is 0 Å². The molecule has 2 rings (SSSR count). The van der Waals surface area contributed by atoms with Crippen LogP contribution in [0.1, 0.15) is 6.92 Å². The van der Waals surface area contributed by atoms with Crippen LogP contribution in [-0.2, 0) is 4.79 Å². The largest absolute Gasteiger partial charge is 0.497 e. The molecular formula is C16H17FN2O2. The van der Waals surface area contributed by atoms with E-state index in [2.05, 4.69) is 10.6 Å². The minimum absolute atomic E-state index is 0.172. The Morgan fingerprint density at radius 1 is 1.14 bits per heavy atom. The predicted octanol–water partition coefficient (Wildman–Crippen LogP) is 3.27. The number of halogens is 1. The van der Waals surface area contributed by atoms with Crippen LogP contribution in [0.4, 0.5) is 15.8 Å². The summed E-state index contributed by atoms with van der Waals surface area (Å²) in [5.41, 5.74) is 0.956. The highest BCUT2D eigenvalue weighted by Crippen LogP contribution is 2.17. The van der Waals surface area contributed by atoms with E-state index in [1.807, 2.05) is 12.1 Å². The van der Waals surface area contributed by atoms with Crippen molar-refractivity contribution in [3.8, 4) is 5.75 Å². The van der Waals surface area contributed by atoms with Crippen LogP contribution in [0, 0.1) is 5.82 Å². The Balaban J connectivity index is 1.97. The molecule has 0 heterocycles. The average molecular weight is 288 g/mol. The van der Waals surface area contributed by atoms with Crippen molar-refractivity contribution in [2.75, 3.05) is 17.7 Å². The smallest absolute Gasteiger partial charge is 0.246 e. The van der Waals surface area contributed by atoms with Gasteiger partial charge in [0, 0.05) is 5.69 Å². The van der Waals surface area contributed by atoms with Crippen molar-refractivity contribution in [1.82, 2.24) is 0 Å². The highest BCUT2D eigenvalue weighted by Gasteiger charge is 2.14. The van der Waals surface area contributed by atoms with Crippen LogP contribution in [0.5, 0.6) is 5.75 Å². The van der Waals surface area contributed by atoms with Gasteiger partial charge in [0.15, 0.2) is 0 Å². The van der Waals surface area contributed by atoms with E-state index in [4.69, 9.17) is 4.74 Å². The molecule has 0 spiro atoms. The van der Waals surface area contributed by atoms with Crippen molar-refractivity contribution in [2.24, 2.45) is 0 Å². The molecule has 1 atom stereocenters.